The predicted octanol–water partition coefficient (Wildman–Crippen LogP) is 5.63. The van der Waals surface area contributed by atoms with Crippen molar-refractivity contribution in [3.63, 3.8) is 0 Å². The first kappa shape index (κ1) is 22.5. The minimum absolute atomic E-state index is 0.317. The molecule has 0 saturated heterocycles. The van der Waals surface area contributed by atoms with Crippen LogP contribution in [0.2, 0.25) is 5.02 Å². The Labute approximate surface area is 196 Å². The third-order valence-corrected chi connectivity index (χ3v) is 5.65. The smallest absolute Gasteiger partial charge is 0.273 e. The number of nitrogens with one attached hydrogen (secondary N) is 1. The molecule has 3 aromatic rings. The van der Waals surface area contributed by atoms with Gasteiger partial charge in [0.1, 0.15) is 12.4 Å². The molecule has 5 nitrogen and oxygen atoms in total. The van der Waals surface area contributed by atoms with E-state index in [2.05, 4.69) is 42.4 Å². The normalized spacial score (nSPS) is 12.0. The van der Waals surface area contributed by atoms with Gasteiger partial charge in [0.25, 0.3) is 5.91 Å². The molecule has 8 heteroatoms. The maximum Gasteiger partial charge on any atom is 0.273 e. The summed E-state index contributed by atoms with van der Waals surface area (Å²) in [6.07, 6.45) is 0.186. The van der Waals surface area contributed by atoms with Crippen molar-refractivity contribution >= 4 is 55.6 Å². The van der Waals surface area contributed by atoms with Crippen LogP contribution in [0.1, 0.15) is 22.8 Å². The van der Waals surface area contributed by atoms with Crippen molar-refractivity contribution in [2.75, 3.05) is 0 Å². The fraction of sp³-hybridized carbons (Fsp3) is 0.0909. The zero-order valence-electron chi connectivity index (χ0n) is 15.6. The third kappa shape index (κ3) is 5.92. The number of hydrazone groups is 1. The number of aliphatic hydroxyl groups is 1. The summed E-state index contributed by atoms with van der Waals surface area (Å²) in [6, 6.07) is 19.7. The van der Waals surface area contributed by atoms with Gasteiger partial charge in [-0.25, -0.2) is 5.43 Å². The largest absolute Gasteiger partial charge is 0.486 e. The van der Waals surface area contributed by atoms with Crippen LogP contribution in [-0.4, -0.2) is 17.2 Å². The molecular formula is C22H17Br2ClN2O3. The van der Waals surface area contributed by atoms with Gasteiger partial charge in [-0.2, -0.15) is 5.10 Å². The summed E-state index contributed by atoms with van der Waals surface area (Å²) in [5.74, 6) is 0.00544. The van der Waals surface area contributed by atoms with Gasteiger partial charge in [0.2, 0.25) is 0 Å². The Kier molecular flexibility index (Phi) is 8.04. The lowest BCUT2D eigenvalue weighted by Crippen LogP contribution is -2.25. The second kappa shape index (κ2) is 10.7. The molecule has 3 aromatic carbocycles. The van der Waals surface area contributed by atoms with Crippen LogP contribution >= 0.6 is 43.5 Å². The number of aliphatic hydroxyl groups excluding tert-OH is 1. The molecule has 1 atom stereocenters. The predicted molar refractivity (Wildman–Crippen MR) is 125 cm³/mol. The molecule has 0 saturated carbocycles. The highest BCUT2D eigenvalue weighted by Gasteiger charge is 2.16. The van der Waals surface area contributed by atoms with Crippen LogP contribution in [0.3, 0.4) is 0 Å². The zero-order chi connectivity index (χ0) is 21.5. The number of nitrogens with zero attached hydrogens (tertiary/aromatic N) is 1. The summed E-state index contributed by atoms with van der Waals surface area (Å²) in [5.41, 5.74) is 4.43. The van der Waals surface area contributed by atoms with E-state index in [0.29, 0.717) is 37.5 Å². The second-order valence-corrected chi connectivity index (χ2v) is 8.36. The molecule has 2 N–H and O–H groups in total. The molecule has 0 radical (unpaired) electrons. The van der Waals surface area contributed by atoms with Gasteiger partial charge in [-0.3, -0.25) is 4.79 Å². The number of carbonyl (C=O) groups excluding carboxylic acids is 1. The number of rotatable bonds is 7. The molecule has 0 spiro atoms. The minimum Gasteiger partial charge on any atom is -0.486 e. The topological polar surface area (TPSA) is 70.9 Å². The number of carbonyl (C=O) groups is 1. The molecule has 154 valence electrons. The minimum atomic E-state index is -1.29. The molecule has 0 bridgehead atoms. The van der Waals surface area contributed by atoms with Gasteiger partial charge < -0.3 is 9.84 Å². The molecular weight excluding hydrogens is 536 g/mol. The van der Waals surface area contributed by atoms with Crippen LogP contribution < -0.4 is 10.2 Å². The summed E-state index contributed by atoms with van der Waals surface area (Å²) in [5, 5.41) is 14.6. The number of ether oxygens (including phenoxy) is 1. The van der Waals surface area contributed by atoms with Gasteiger partial charge >= 0.3 is 0 Å². The van der Waals surface area contributed by atoms with Crippen molar-refractivity contribution in [3.05, 3.63) is 97.4 Å². The third-order valence-electron chi connectivity index (χ3n) is 4.10. The molecule has 0 unspecified atom stereocenters. The van der Waals surface area contributed by atoms with Gasteiger partial charge in [0, 0.05) is 10.6 Å². The van der Waals surface area contributed by atoms with E-state index in [1.165, 1.54) is 6.21 Å². The molecule has 0 aliphatic rings. The molecule has 30 heavy (non-hydrogen) atoms. The molecule has 1 amide bonds. The van der Waals surface area contributed by atoms with Gasteiger partial charge in [-0.15, -0.1) is 0 Å². The maximum absolute atomic E-state index is 12.0. The Hall–Kier alpha value is -2.19. The van der Waals surface area contributed by atoms with Crippen LogP contribution in [0.25, 0.3) is 0 Å². The van der Waals surface area contributed by atoms with Gasteiger partial charge in [-0.05, 0) is 61.2 Å². The molecule has 3 rings (SSSR count). The highest BCUT2D eigenvalue weighted by atomic mass is 79.9. The SMILES string of the molecule is O=C(N/N=C\c1cc(Br)c(OCc2ccccc2Cl)c(Br)c1)[C@@H](O)c1ccccc1. The Balaban J connectivity index is 1.63. The number of benzene rings is 3. The van der Waals surface area contributed by atoms with Crippen molar-refractivity contribution in [2.45, 2.75) is 12.7 Å². The van der Waals surface area contributed by atoms with Gasteiger partial charge in [-0.1, -0.05) is 60.1 Å². The van der Waals surface area contributed by atoms with E-state index >= 15 is 0 Å². The summed E-state index contributed by atoms with van der Waals surface area (Å²) in [4.78, 5) is 12.0. The number of halogens is 3. The zero-order valence-corrected chi connectivity index (χ0v) is 19.5. The van der Waals surface area contributed by atoms with Crippen LogP contribution in [-0.2, 0) is 11.4 Å². The summed E-state index contributed by atoms with van der Waals surface area (Å²) >= 11 is 13.1. The highest BCUT2D eigenvalue weighted by molar-refractivity contribution is 9.11. The van der Waals surface area contributed by atoms with Crippen LogP contribution in [0, 0.1) is 0 Å². The summed E-state index contributed by atoms with van der Waals surface area (Å²) in [6.45, 7) is 0.317. The summed E-state index contributed by atoms with van der Waals surface area (Å²) in [7, 11) is 0. The fourth-order valence-electron chi connectivity index (χ4n) is 2.58. The van der Waals surface area contributed by atoms with Gasteiger partial charge in [0.15, 0.2) is 6.10 Å². The lowest BCUT2D eigenvalue weighted by molar-refractivity contribution is -0.129. The number of hydrogen-bond acceptors (Lipinski definition) is 4. The van der Waals surface area contributed by atoms with E-state index < -0.39 is 12.0 Å². The standard InChI is InChI=1S/C22H17Br2ClN2O3/c23-17-10-14(12-26-27-22(29)20(28)15-6-2-1-3-7-15)11-18(24)21(17)30-13-16-8-4-5-9-19(16)25/h1-12,20,28H,13H2,(H,27,29)/b26-12-/t20-/m0/s1. The number of hydrogen-bond donors (Lipinski definition) is 2. The van der Waals surface area contributed by atoms with Crippen LogP contribution in [0.15, 0.2) is 80.8 Å². The van der Waals surface area contributed by atoms with E-state index in [-0.39, 0.29) is 0 Å². The first-order chi connectivity index (χ1) is 14.5. The van der Waals surface area contributed by atoms with Crippen molar-refractivity contribution in [1.82, 2.24) is 5.43 Å². The van der Waals surface area contributed by atoms with E-state index in [1.54, 1.807) is 36.4 Å². The van der Waals surface area contributed by atoms with E-state index in [0.717, 1.165) is 5.56 Å². The quantitative estimate of drug-likeness (QED) is 0.295. The van der Waals surface area contributed by atoms with Crippen molar-refractivity contribution < 1.29 is 14.6 Å². The average Bonchev–Trinajstić information content (AvgIpc) is 2.74. The van der Waals surface area contributed by atoms with E-state index in [9.17, 15) is 9.90 Å². The van der Waals surface area contributed by atoms with Crippen LogP contribution in [0.4, 0.5) is 0 Å². The fourth-order valence-corrected chi connectivity index (χ4v) is 4.22. The lowest BCUT2D eigenvalue weighted by atomic mass is 10.1. The van der Waals surface area contributed by atoms with E-state index in [4.69, 9.17) is 16.3 Å². The first-order valence-electron chi connectivity index (χ1n) is 8.87. The number of amides is 1. The van der Waals surface area contributed by atoms with Crippen molar-refractivity contribution in [1.29, 1.82) is 0 Å². The lowest BCUT2D eigenvalue weighted by Gasteiger charge is -2.12. The Morgan fingerprint density at radius 3 is 2.40 bits per heavy atom. The molecule has 0 aliphatic carbocycles. The average molecular weight is 553 g/mol. The molecule has 0 heterocycles. The molecule has 0 aromatic heterocycles. The second-order valence-electron chi connectivity index (χ2n) is 6.24. The molecule has 0 aliphatic heterocycles. The van der Waals surface area contributed by atoms with Gasteiger partial charge in [0.05, 0.1) is 15.2 Å². The Morgan fingerprint density at radius 2 is 1.73 bits per heavy atom. The van der Waals surface area contributed by atoms with E-state index in [1.807, 2.05) is 30.3 Å². The van der Waals surface area contributed by atoms with Crippen molar-refractivity contribution in [2.24, 2.45) is 5.10 Å². The first-order valence-corrected chi connectivity index (χ1v) is 10.8. The maximum atomic E-state index is 12.0. The monoisotopic (exact) mass is 550 g/mol. The molecule has 0 fully saturated rings. The van der Waals surface area contributed by atoms with Crippen molar-refractivity contribution in [3.8, 4) is 5.75 Å². The highest BCUT2D eigenvalue weighted by Crippen LogP contribution is 2.35. The summed E-state index contributed by atoms with van der Waals surface area (Å²) < 4.78 is 7.31. The Bertz CT molecular complexity index is 1040. The Morgan fingerprint density at radius 1 is 1.10 bits per heavy atom. The van der Waals surface area contributed by atoms with Crippen LogP contribution in [0.5, 0.6) is 5.75 Å².